The van der Waals surface area contributed by atoms with Crippen LogP contribution in [0.15, 0.2) is 18.2 Å². The molecule has 1 saturated heterocycles. The SMILES string of the molecule is Cc1ccc(OCC2OCC(=O)O2)c(F)c1. The van der Waals surface area contributed by atoms with Gasteiger partial charge in [-0.05, 0) is 24.6 Å². The zero-order valence-corrected chi connectivity index (χ0v) is 8.73. The Morgan fingerprint density at radius 3 is 3.00 bits per heavy atom. The predicted molar refractivity (Wildman–Crippen MR) is 52.5 cm³/mol. The summed E-state index contributed by atoms with van der Waals surface area (Å²) in [7, 11) is 0. The van der Waals surface area contributed by atoms with Crippen LogP contribution in [-0.4, -0.2) is 25.5 Å². The molecule has 1 unspecified atom stereocenters. The summed E-state index contributed by atoms with van der Waals surface area (Å²) in [6.45, 7) is 1.70. The number of aryl methyl sites for hydroxylation is 1. The van der Waals surface area contributed by atoms with Gasteiger partial charge in [-0.25, -0.2) is 9.18 Å². The third kappa shape index (κ3) is 2.49. The van der Waals surface area contributed by atoms with Gasteiger partial charge in [0.15, 0.2) is 18.2 Å². The molecule has 2 rings (SSSR count). The maximum Gasteiger partial charge on any atom is 0.334 e. The average molecular weight is 226 g/mol. The summed E-state index contributed by atoms with van der Waals surface area (Å²) in [5, 5.41) is 0. The van der Waals surface area contributed by atoms with Crippen LogP contribution in [0.1, 0.15) is 5.56 Å². The van der Waals surface area contributed by atoms with E-state index in [1.54, 1.807) is 13.0 Å². The molecule has 0 aromatic heterocycles. The first-order chi connectivity index (χ1) is 7.65. The number of cyclic esters (lactones) is 1. The van der Waals surface area contributed by atoms with Crippen LogP contribution in [0.25, 0.3) is 0 Å². The highest BCUT2D eigenvalue weighted by atomic mass is 19.1. The van der Waals surface area contributed by atoms with Crippen LogP contribution < -0.4 is 4.74 Å². The Morgan fingerprint density at radius 2 is 2.38 bits per heavy atom. The van der Waals surface area contributed by atoms with Crippen LogP contribution >= 0.6 is 0 Å². The molecular weight excluding hydrogens is 215 g/mol. The Balaban J connectivity index is 1.92. The summed E-state index contributed by atoms with van der Waals surface area (Å²) in [5.74, 6) is -0.751. The summed E-state index contributed by atoms with van der Waals surface area (Å²) in [5.41, 5.74) is 0.813. The highest BCUT2D eigenvalue weighted by molar-refractivity contribution is 5.72. The lowest BCUT2D eigenvalue weighted by Crippen LogP contribution is -2.19. The molecule has 0 saturated carbocycles. The predicted octanol–water partition coefficient (Wildman–Crippen LogP) is 1.41. The number of rotatable bonds is 3. The first-order valence-electron chi connectivity index (χ1n) is 4.85. The van der Waals surface area contributed by atoms with Gasteiger partial charge >= 0.3 is 5.97 Å². The van der Waals surface area contributed by atoms with E-state index in [1.807, 2.05) is 0 Å². The average Bonchev–Trinajstić information content (AvgIpc) is 2.63. The van der Waals surface area contributed by atoms with E-state index in [4.69, 9.17) is 14.2 Å². The van der Waals surface area contributed by atoms with Gasteiger partial charge in [0.05, 0.1) is 0 Å². The molecule has 1 fully saturated rings. The fourth-order valence-corrected chi connectivity index (χ4v) is 1.34. The molecule has 5 heteroatoms. The standard InChI is InChI=1S/C11H11FO4/c1-7-2-3-9(8(12)4-7)14-6-11-15-5-10(13)16-11/h2-4,11H,5-6H2,1H3. The van der Waals surface area contributed by atoms with Gasteiger partial charge < -0.3 is 14.2 Å². The Morgan fingerprint density at radius 1 is 1.56 bits per heavy atom. The van der Waals surface area contributed by atoms with Gasteiger partial charge in [0.1, 0.15) is 6.61 Å². The molecule has 4 nitrogen and oxygen atoms in total. The van der Waals surface area contributed by atoms with Crippen molar-refractivity contribution in [1.82, 2.24) is 0 Å². The molecule has 1 aromatic carbocycles. The molecule has 86 valence electrons. The fraction of sp³-hybridized carbons (Fsp3) is 0.364. The van der Waals surface area contributed by atoms with Crippen molar-refractivity contribution in [2.24, 2.45) is 0 Å². The van der Waals surface area contributed by atoms with E-state index in [1.165, 1.54) is 12.1 Å². The number of hydrogen-bond donors (Lipinski definition) is 0. The van der Waals surface area contributed by atoms with Gasteiger partial charge in [-0.15, -0.1) is 0 Å². The quantitative estimate of drug-likeness (QED) is 0.731. The normalized spacial score (nSPS) is 19.6. The first kappa shape index (κ1) is 10.9. The summed E-state index contributed by atoms with van der Waals surface area (Å²) in [6, 6.07) is 4.64. The second kappa shape index (κ2) is 4.49. The molecule has 16 heavy (non-hydrogen) atoms. The van der Waals surface area contributed by atoms with Gasteiger partial charge in [0.25, 0.3) is 0 Å². The molecule has 0 spiro atoms. The lowest BCUT2D eigenvalue weighted by Gasteiger charge is -2.11. The van der Waals surface area contributed by atoms with E-state index < -0.39 is 18.1 Å². The lowest BCUT2D eigenvalue weighted by molar-refractivity contribution is -0.145. The second-order valence-electron chi connectivity index (χ2n) is 3.48. The van der Waals surface area contributed by atoms with Crippen molar-refractivity contribution in [1.29, 1.82) is 0 Å². The molecular formula is C11H11FO4. The highest BCUT2D eigenvalue weighted by Gasteiger charge is 2.24. The molecule has 1 aliphatic rings. The molecule has 0 N–H and O–H groups in total. The number of halogens is 1. The van der Waals surface area contributed by atoms with Crippen LogP contribution in [0.5, 0.6) is 5.75 Å². The van der Waals surface area contributed by atoms with E-state index in [2.05, 4.69) is 0 Å². The van der Waals surface area contributed by atoms with E-state index in [0.29, 0.717) is 0 Å². The van der Waals surface area contributed by atoms with E-state index in [9.17, 15) is 9.18 Å². The van der Waals surface area contributed by atoms with Gasteiger partial charge in [-0.1, -0.05) is 6.07 Å². The molecule has 0 aliphatic carbocycles. The van der Waals surface area contributed by atoms with Gasteiger partial charge in [-0.2, -0.15) is 0 Å². The van der Waals surface area contributed by atoms with Crippen molar-refractivity contribution < 1.29 is 23.4 Å². The third-order valence-corrected chi connectivity index (χ3v) is 2.11. The van der Waals surface area contributed by atoms with Crippen molar-refractivity contribution >= 4 is 5.97 Å². The number of benzene rings is 1. The number of hydrogen-bond acceptors (Lipinski definition) is 4. The number of esters is 1. The zero-order chi connectivity index (χ0) is 11.5. The maximum absolute atomic E-state index is 13.3. The smallest absolute Gasteiger partial charge is 0.334 e. The van der Waals surface area contributed by atoms with Gasteiger partial charge in [0.2, 0.25) is 6.29 Å². The minimum Gasteiger partial charge on any atom is -0.484 e. The van der Waals surface area contributed by atoms with Crippen molar-refractivity contribution in [3.8, 4) is 5.75 Å². The van der Waals surface area contributed by atoms with Crippen LogP contribution in [0.2, 0.25) is 0 Å². The molecule has 0 amide bonds. The molecule has 0 bridgehead atoms. The minimum atomic E-state index is -0.742. The van der Waals surface area contributed by atoms with Crippen LogP contribution in [0, 0.1) is 12.7 Å². The number of carbonyl (C=O) groups is 1. The highest BCUT2D eigenvalue weighted by Crippen LogP contribution is 2.18. The second-order valence-corrected chi connectivity index (χ2v) is 3.48. The van der Waals surface area contributed by atoms with E-state index in [0.717, 1.165) is 5.56 Å². The summed E-state index contributed by atoms with van der Waals surface area (Å²) >= 11 is 0. The Kier molecular flexibility index (Phi) is 3.05. The molecule has 1 aliphatic heterocycles. The number of carbonyl (C=O) groups excluding carboxylic acids is 1. The van der Waals surface area contributed by atoms with E-state index >= 15 is 0 Å². The fourth-order valence-electron chi connectivity index (χ4n) is 1.34. The van der Waals surface area contributed by atoms with Crippen LogP contribution in [-0.2, 0) is 14.3 Å². The van der Waals surface area contributed by atoms with Gasteiger partial charge in [0, 0.05) is 0 Å². The van der Waals surface area contributed by atoms with E-state index in [-0.39, 0.29) is 19.0 Å². The zero-order valence-electron chi connectivity index (χ0n) is 8.73. The summed E-state index contributed by atoms with van der Waals surface area (Å²) in [4.78, 5) is 10.7. The van der Waals surface area contributed by atoms with Crippen molar-refractivity contribution in [2.75, 3.05) is 13.2 Å². The summed E-state index contributed by atoms with van der Waals surface area (Å²) < 4.78 is 28.1. The third-order valence-electron chi connectivity index (χ3n) is 2.11. The van der Waals surface area contributed by atoms with Crippen LogP contribution in [0.3, 0.4) is 0 Å². The lowest BCUT2D eigenvalue weighted by atomic mass is 10.2. The Labute approximate surface area is 91.9 Å². The van der Waals surface area contributed by atoms with Crippen molar-refractivity contribution in [3.05, 3.63) is 29.6 Å². The minimum absolute atomic E-state index is 0.00821. The largest absolute Gasteiger partial charge is 0.484 e. The molecule has 0 radical (unpaired) electrons. The molecule has 1 aromatic rings. The summed E-state index contributed by atoms with van der Waals surface area (Å²) in [6.07, 6.45) is -0.742. The topological polar surface area (TPSA) is 44.8 Å². The Bertz CT molecular complexity index is 405. The Hall–Kier alpha value is -1.62. The van der Waals surface area contributed by atoms with Crippen LogP contribution in [0.4, 0.5) is 4.39 Å². The number of ether oxygens (including phenoxy) is 3. The van der Waals surface area contributed by atoms with Crippen molar-refractivity contribution in [3.63, 3.8) is 0 Å². The first-order valence-corrected chi connectivity index (χ1v) is 4.85. The van der Waals surface area contributed by atoms with Crippen molar-refractivity contribution in [2.45, 2.75) is 13.2 Å². The monoisotopic (exact) mass is 226 g/mol. The maximum atomic E-state index is 13.3. The molecule has 1 atom stereocenters. The van der Waals surface area contributed by atoms with Gasteiger partial charge in [-0.3, -0.25) is 0 Å². The molecule has 1 heterocycles.